The van der Waals surface area contributed by atoms with Gasteiger partial charge in [-0.1, -0.05) is 6.92 Å². The number of aryl methyl sites for hydroxylation is 1. The van der Waals surface area contributed by atoms with E-state index >= 15 is 0 Å². The molecule has 0 radical (unpaired) electrons. The van der Waals surface area contributed by atoms with Gasteiger partial charge in [0.25, 0.3) is 0 Å². The number of amides is 2. The molecular weight excluding hydrogens is 298 g/mol. The molecule has 0 bridgehead atoms. The molecule has 0 saturated carbocycles. The molecule has 2 N–H and O–H groups in total. The van der Waals surface area contributed by atoms with E-state index in [2.05, 4.69) is 38.5 Å². The lowest BCUT2D eigenvalue weighted by Crippen LogP contribution is -2.50. The molecule has 3 heterocycles. The van der Waals surface area contributed by atoms with Gasteiger partial charge in [-0.3, -0.25) is 0 Å². The molecule has 2 aromatic rings. The number of urea groups is 1. The van der Waals surface area contributed by atoms with Gasteiger partial charge >= 0.3 is 6.03 Å². The van der Waals surface area contributed by atoms with Crippen molar-refractivity contribution in [2.45, 2.75) is 32.2 Å². The number of hydrogen-bond donors (Lipinski definition) is 2. The summed E-state index contributed by atoms with van der Waals surface area (Å²) in [5.74, 6) is 0.990. The summed E-state index contributed by atoms with van der Waals surface area (Å²) in [4.78, 5) is 25.0. The lowest BCUT2D eigenvalue weighted by molar-refractivity contribution is 0.237. The molecule has 1 aliphatic rings. The minimum absolute atomic E-state index is 0.122. The summed E-state index contributed by atoms with van der Waals surface area (Å²) in [5, 5.41) is 6.74. The van der Waals surface area contributed by atoms with Crippen molar-refractivity contribution in [3.63, 3.8) is 0 Å². The van der Waals surface area contributed by atoms with Crippen LogP contribution in [-0.4, -0.2) is 42.2 Å². The van der Waals surface area contributed by atoms with E-state index in [1.54, 1.807) is 24.7 Å². The van der Waals surface area contributed by atoms with E-state index in [0.717, 1.165) is 48.4 Å². The maximum Gasteiger partial charge on any atom is 0.314 e. The van der Waals surface area contributed by atoms with Crippen LogP contribution in [0.2, 0.25) is 0 Å². The SMILES string of the molecule is CCc1cc2c(N3CCCC(NC(=O)NC)C3)ncnc2s1. The number of carbonyl (C=O) groups excluding carboxylic acids is 1. The molecule has 1 aliphatic heterocycles. The van der Waals surface area contributed by atoms with Gasteiger partial charge in [0.05, 0.1) is 5.39 Å². The molecule has 1 atom stereocenters. The minimum Gasteiger partial charge on any atom is -0.354 e. The molecule has 0 spiro atoms. The van der Waals surface area contributed by atoms with Gasteiger partial charge in [-0.05, 0) is 25.3 Å². The van der Waals surface area contributed by atoms with Gasteiger partial charge in [0, 0.05) is 31.1 Å². The zero-order valence-corrected chi connectivity index (χ0v) is 13.7. The van der Waals surface area contributed by atoms with Crippen LogP contribution < -0.4 is 15.5 Å². The van der Waals surface area contributed by atoms with Crippen molar-refractivity contribution < 1.29 is 4.79 Å². The molecule has 0 aromatic carbocycles. The zero-order chi connectivity index (χ0) is 15.5. The molecule has 1 saturated heterocycles. The maximum atomic E-state index is 11.5. The summed E-state index contributed by atoms with van der Waals surface area (Å²) in [7, 11) is 1.64. The number of anilines is 1. The summed E-state index contributed by atoms with van der Waals surface area (Å²) in [6, 6.07) is 2.23. The molecule has 6 nitrogen and oxygen atoms in total. The summed E-state index contributed by atoms with van der Waals surface area (Å²) >= 11 is 1.73. The van der Waals surface area contributed by atoms with Crippen molar-refractivity contribution in [3.05, 3.63) is 17.3 Å². The number of piperidine rings is 1. The second-order valence-electron chi connectivity index (χ2n) is 5.49. The van der Waals surface area contributed by atoms with Gasteiger partial charge in [-0.2, -0.15) is 0 Å². The smallest absolute Gasteiger partial charge is 0.314 e. The summed E-state index contributed by atoms with van der Waals surface area (Å²) in [6.07, 6.45) is 4.71. The van der Waals surface area contributed by atoms with Crippen molar-refractivity contribution >= 4 is 33.4 Å². The Bertz CT molecular complexity index is 671. The second kappa shape index (κ2) is 6.48. The summed E-state index contributed by atoms with van der Waals surface area (Å²) in [6.45, 7) is 3.91. The maximum absolute atomic E-state index is 11.5. The van der Waals surface area contributed by atoms with Gasteiger partial charge in [0.15, 0.2) is 0 Å². The van der Waals surface area contributed by atoms with E-state index in [1.165, 1.54) is 4.88 Å². The summed E-state index contributed by atoms with van der Waals surface area (Å²) in [5.41, 5.74) is 0. The molecule has 1 unspecified atom stereocenters. The number of carbonyl (C=O) groups is 1. The first-order chi connectivity index (χ1) is 10.7. The quantitative estimate of drug-likeness (QED) is 0.909. The largest absolute Gasteiger partial charge is 0.354 e. The number of nitrogens with zero attached hydrogens (tertiary/aromatic N) is 3. The van der Waals surface area contributed by atoms with Crippen molar-refractivity contribution in [2.24, 2.45) is 0 Å². The first-order valence-electron chi connectivity index (χ1n) is 7.68. The van der Waals surface area contributed by atoms with Gasteiger partial charge in [-0.15, -0.1) is 11.3 Å². The van der Waals surface area contributed by atoms with Crippen molar-refractivity contribution in [1.29, 1.82) is 0 Å². The number of hydrogen-bond acceptors (Lipinski definition) is 5. The van der Waals surface area contributed by atoms with E-state index in [4.69, 9.17) is 0 Å². The Morgan fingerprint density at radius 1 is 1.50 bits per heavy atom. The Morgan fingerprint density at radius 2 is 2.36 bits per heavy atom. The van der Waals surface area contributed by atoms with Crippen LogP contribution in [0, 0.1) is 0 Å². The Labute approximate surface area is 133 Å². The zero-order valence-electron chi connectivity index (χ0n) is 12.9. The van der Waals surface area contributed by atoms with Crippen LogP contribution in [0.3, 0.4) is 0 Å². The average molecular weight is 319 g/mol. The van der Waals surface area contributed by atoms with Crippen LogP contribution >= 0.6 is 11.3 Å². The van der Waals surface area contributed by atoms with Gasteiger partial charge in [0.1, 0.15) is 17.0 Å². The van der Waals surface area contributed by atoms with Crippen molar-refractivity contribution in [1.82, 2.24) is 20.6 Å². The standard InChI is InChI=1S/C15H21N5OS/c1-3-11-7-12-13(17-9-18-14(12)22-11)20-6-4-5-10(8-20)19-15(21)16-2/h7,9-10H,3-6,8H2,1-2H3,(H2,16,19,21). The van der Waals surface area contributed by atoms with Crippen LogP contribution in [-0.2, 0) is 6.42 Å². The van der Waals surface area contributed by atoms with Gasteiger partial charge < -0.3 is 15.5 Å². The molecule has 22 heavy (non-hydrogen) atoms. The third-order valence-electron chi connectivity index (χ3n) is 3.99. The van der Waals surface area contributed by atoms with Crippen LogP contribution in [0.5, 0.6) is 0 Å². The fourth-order valence-corrected chi connectivity index (χ4v) is 3.79. The van der Waals surface area contributed by atoms with Gasteiger partial charge in [0.2, 0.25) is 0 Å². The van der Waals surface area contributed by atoms with E-state index in [1.807, 2.05) is 0 Å². The Balaban J connectivity index is 1.84. The summed E-state index contributed by atoms with van der Waals surface area (Å²) < 4.78 is 0. The fourth-order valence-electron chi connectivity index (χ4n) is 2.86. The molecule has 118 valence electrons. The molecule has 0 aliphatic carbocycles. The highest BCUT2D eigenvalue weighted by Gasteiger charge is 2.24. The Hall–Kier alpha value is -1.89. The second-order valence-corrected chi connectivity index (χ2v) is 6.61. The van der Waals surface area contributed by atoms with E-state index in [0.29, 0.717) is 0 Å². The number of rotatable bonds is 3. The lowest BCUT2D eigenvalue weighted by Gasteiger charge is -2.34. The molecule has 1 fully saturated rings. The van der Waals surface area contributed by atoms with Crippen LogP contribution in [0.1, 0.15) is 24.6 Å². The Morgan fingerprint density at radius 3 is 3.14 bits per heavy atom. The normalized spacial score (nSPS) is 18.5. The minimum atomic E-state index is -0.122. The fraction of sp³-hybridized carbons (Fsp3) is 0.533. The Kier molecular flexibility index (Phi) is 4.42. The van der Waals surface area contributed by atoms with E-state index < -0.39 is 0 Å². The molecule has 7 heteroatoms. The predicted molar refractivity (Wildman–Crippen MR) is 89.6 cm³/mol. The topological polar surface area (TPSA) is 70.2 Å². The molecule has 2 aromatic heterocycles. The molecular formula is C15H21N5OS. The molecule has 3 rings (SSSR count). The number of nitrogens with one attached hydrogen (secondary N) is 2. The van der Waals surface area contributed by atoms with Crippen molar-refractivity contribution in [3.8, 4) is 0 Å². The predicted octanol–water partition coefficient (Wildman–Crippen LogP) is 2.15. The third kappa shape index (κ3) is 2.99. The van der Waals surface area contributed by atoms with E-state index in [-0.39, 0.29) is 12.1 Å². The lowest BCUT2D eigenvalue weighted by atomic mass is 10.1. The highest BCUT2D eigenvalue weighted by atomic mass is 32.1. The first kappa shape index (κ1) is 15.0. The highest BCUT2D eigenvalue weighted by Crippen LogP contribution is 2.31. The van der Waals surface area contributed by atoms with Crippen molar-refractivity contribution in [2.75, 3.05) is 25.0 Å². The van der Waals surface area contributed by atoms with Crippen LogP contribution in [0.25, 0.3) is 10.2 Å². The van der Waals surface area contributed by atoms with Crippen LogP contribution in [0.4, 0.5) is 10.6 Å². The van der Waals surface area contributed by atoms with Gasteiger partial charge in [-0.25, -0.2) is 14.8 Å². The number of aromatic nitrogens is 2. The number of thiophene rings is 1. The number of fused-ring (bicyclic) bond motifs is 1. The highest BCUT2D eigenvalue weighted by molar-refractivity contribution is 7.18. The average Bonchev–Trinajstić information content (AvgIpc) is 2.98. The molecule has 2 amide bonds. The third-order valence-corrected chi connectivity index (χ3v) is 5.18. The van der Waals surface area contributed by atoms with Crippen LogP contribution in [0.15, 0.2) is 12.4 Å². The van der Waals surface area contributed by atoms with E-state index in [9.17, 15) is 4.79 Å². The monoisotopic (exact) mass is 319 g/mol. The first-order valence-corrected chi connectivity index (χ1v) is 8.49.